The second-order valence-corrected chi connectivity index (χ2v) is 6.66. The summed E-state index contributed by atoms with van der Waals surface area (Å²) in [7, 11) is 0. The molecule has 2 N–H and O–H groups in total. The van der Waals surface area contributed by atoms with Crippen molar-refractivity contribution in [2.75, 3.05) is 26.2 Å². The minimum atomic E-state index is 0. The van der Waals surface area contributed by atoms with Crippen LogP contribution < -0.4 is 10.6 Å². The molecule has 0 atom stereocenters. The molecule has 1 aromatic carbocycles. The number of aryl methyl sites for hydroxylation is 1. The van der Waals surface area contributed by atoms with Gasteiger partial charge in [0.15, 0.2) is 5.96 Å². The van der Waals surface area contributed by atoms with Crippen LogP contribution in [0.2, 0.25) is 0 Å². The molecule has 1 aliphatic heterocycles. The van der Waals surface area contributed by atoms with Gasteiger partial charge in [-0.05, 0) is 38.7 Å². The van der Waals surface area contributed by atoms with Gasteiger partial charge in [0, 0.05) is 32.6 Å². The van der Waals surface area contributed by atoms with E-state index in [2.05, 4.69) is 53.7 Å². The fourth-order valence-electron chi connectivity index (χ4n) is 3.07. The van der Waals surface area contributed by atoms with Crippen LogP contribution in [0.3, 0.4) is 0 Å². The van der Waals surface area contributed by atoms with Gasteiger partial charge in [0.05, 0.1) is 6.54 Å². The van der Waals surface area contributed by atoms with Gasteiger partial charge in [0.25, 0.3) is 0 Å². The van der Waals surface area contributed by atoms with E-state index < -0.39 is 0 Å². The van der Waals surface area contributed by atoms with Gasteiger partial charge in [0.1, 0.15) is 0 Å². The average Bonchev–Trinajstić information content (AvgIpc) is 2.81. The lowest BCUT2D eigenvalue weighted by atomic mass is 10.1. The summed E-state index contributed by atoms with van der Waals surface area (Å²) < 4.78 is 0. The Hall–Kier alpha value is -1.31. The van der Waals surface area contributed by atoms with E-state index in [0.29, 0.717) is 18.9 Å². The van der Waals surface area contributed by atoms with Crippen molar-refractivity contribution in [2.24, 2.45) is 4.99 Å². The zero-order valence-corrected chi connectivity index (χ0v) is 18.4. The van der Waals surface area contributed by atoms with Gasteiger partial charge in [-0.2, -0.15) is 0 Å². The van der Waals surface area contributed by atoms with E-state index in [1.807, 2.05) is 4.90 Å². The number of hydrogen-bond donors (Lipinski definition) is 2. The Kier molecular flexibility index (Phi) is 11.3. The molecule has 5 nitrogen and oxygen atoms in total. The normalized spacial score (nSPS) is 15.2. The second kappa shape index (κ2) is 12.9. The molecular formula is C20H33IN4O. The summed E-state index contributed by atoms with van der Waals surface area (Å²) in [6.45, 7) is 8.25. The topological polar surface area (TPSA) is 56.7 Å². The van der Waals surface area contributed by atoms with E-state index in [-0.39, 0.29) is 24.0 Å². The Morgan fingerprint density at radius 3 is 2.85 bits per heavy atom. The number of amides is 1. The van der Waals surface area contributed by atoms with Gasteiger partial charge in [-0.1, -0.05) is 36.2 Å². The lowest BCUT2D eigenvalue weighted by molar-refractivity contribution is -0.130. The maximum Gasteiger partial charge on any atom is 0.222 e. The lowest BCUT2D eigenvalue weighted by Gasteiger charge is -2.20. The number of carbonyl (C=O) groups is 1. The van der Waals surface area contributed by atoms with Gasteiger partial charge in [-0.3, -0.25) is 4.79 Å². The third-order valence-electron chi connectivity index (χ3n) is 4.42. The zero-order valence-electron chi connectivity index (χ0n) is 16.1. The zero-order chi connectivity index (χ0) is 17.9. The van der Waals surface area contributed by atoms with Crippen LogP contribution >= 0.6 is 24.0 Å². The summed E-state index contributed by atoms with van der Waals surface area (Å²) in [6.07, 6.45) is 5.02. The Morgan fingerprint density at radius 2 is 2.08 bits per heavy atom. The highest BCUT2D eigenvalue weighted by molar-refractivity contribution is 14.0. The van der Waals surface area contributed by atoms with Crippen molar-refractivity contribution in [1.29, 1.82) is 0 Å². The Morgan fingerprint density at radius 1 is 1.23 bits per heavy atom. The SMILES string of the molecule is CCNC(=NCc1cccc(C)c1)NCCCN1CCCCCC1=O.I. The van der Waals surface area contributed by atoms with Gasteiger partial charge in [-0.15, -0.1) is 24.0 Å². The van der Waals surface area contributed by atoms with Crippen LogP contribution in [-0.2, 0) is 11.3 Å². The van der Waals surface area contributed by atoms with Crippen LogP contribution in [0, 0.1) is 6.92 Å². The molecule has 0 spiro atoms. The summed E-state index contributed by atoms with van der Waals surface area (Å²) in [6, 6.07) is 8.43. The minimum Gasteiger partial charge on any atom is -0.357 e. The van der Waals surface area contributed by atoms with E-state index in [1.165, 1.54) is 17.5 Å². The molecule has 1 aliphatic rings. The highest BCUT2D eigenvalue weighted by atomic mass is 127. The number of guanidine groups is 1. The fraction of sp³-hybridized carbons (Fsp3) is 0.600. The molecule has 0 saturated carbocycles. The van der Waals surface area contributed by atoms with Crippen LogP contribution in [0.25, 0.3) is 0 Å². The third kappa shape index (κ3) is 8.38. The summed E-state index contributed by atoms with van der Waals surface area (Å²) in [5.74, 6) is 1.16. The Bertz CT molecular complexity index is 577. The highest BCUT2D eigenvalue weighted by Crippen LogP contribution is 2.11. The molecule has 1 aromatic rings. The van der Waals surface area contributed by atoms with Crippen LogP contribution in [0.4, 0.5) is 0 Å². The predicted molar refractivity (Wildman–Crippen MR) is 119 cm³/mol. The lowest BCUT2D eigenvalue weighted by Crippen LogP contribution is -2.39. The molecule has 0 bridgehead atoms. The largest absolute Gasteiger partial charge is 0.357 e. The fourth-order valence-corrected chi connectivity index (χ4v) is 3.07. The number of hydrogen-bond acceptors (Lipinski definition) is 2. The van der Waals surface area contributed by atoms with Crippen molar-refractivity contribution >= 4 is 35.8 Å². The number of aliphatic imine (C=N–C) groups is 1. The molecule has 2 rings (SSSR count). The Balaban J connectivity index is 0.00000338. The first-order valence-electron chi connectivity index (χ1n) is 9.54. The molecule has 1 saturated heterocycles. The molecule has 0 radical (unpaired) electrons. The van der Waals surface area contributed by atoms with Crippen molar-refractivity contribution in [1.82, 2.24) is 15.5 Å². The van der Waals surface area contributed by atoms with Gasteiger partial charge in [-0.25, -0.2) is 4.99 Å². The molecule has 0 aromatic heterocycles. The molecule has 0 unspecified atom stereocenters. The minimum absolute atomic E-state index is 0. The van der Waals surface area contributed by atoms with Crippen molar-refractivity contribution in [3.05, 3.63) is 35.4 Å². The maximum atomic E-state index is 12.0. The molecule has 146 valence electrons. The first-order chi connectivity index (χ1) is 12.2. The van der Waals surface area contributed by atoms with Crippen molar-refractivity contribution in [3.8, 4) is 0 Å². The number of likely N-dealkylation sites (tertiary alicyclic amines) is 1. The van der Waals surface area contributed by atoms with E-state index in [0.717, 1.165) is 51.4 Å². The molecule has 0 aliphatic carbocycles. The van der Waals surface area contributed by atoms with Crippen molar-refractivity contribution in [2.45, 2.75) is 52.5 Å². The molecule has 1 heterocycles. The van der Waals surface area contributed by atoms with Crippen molar-refractivity contribution < 1.29 is 4.79 Å². The smallest absolute Gasteiger partial charge is 0.222 e. The van der Waals surface area contributed by atoms with E-state index in [4.69, 9.17) is 0 Å². The summed E-state index contributed by atoms with van der Waals surface area (Å²) >= 11 is 0. The number of rotatable bonds is 7. The molecular weight excluding hydrogens is 439 g/mol. The monoisotopic (exact) mass is 472 g/mol. The van der Waals surface area contributed by atoms with Crippen LogP contribution in [0.15, 0.2) is 29.3 Å². The predicted octanol–water partition coefficient (Wildman–Crippen LogP) is 3.46. The number of nitrogens with zero attached hydrogens (tertiary/aromatic N) is 2. The summed E-state index contributed by atoms with van der Waals surface area (Å²) in [4.78, 5) is 18.7. The quantitative estimate of drug-likeness (QED) is 0.277. The standard InChI is InChI=1S/C20H32N4O.HI/c1-3-21-20(23-16-18-10-7-9-17(2)15-18)22-12-8-14-24-13-6-4-5-11-19(24)25;/h7,9-10,15H,3-6,8,11-14,16H2,1-2H3,(H2,21,22,23);1H. The van der Waals surface area contributed by atoms with E-state index in [9.17, 15) is 4.79 Å². The highest BCUT2D eigenvalue weighted by Gasteiger charge is 2.15. The number of carbonyl (C=O) groups excluding carboxylic acids is 1. The molecule has 1 amide bonds. The second-order valence-electron chi connectivity index (χ2n) is 6.66. The number of halogens is 1. The van der Waals surface area contributed by atoms with Gasteiger partial charge < -0.3 is 15.5 Å². The number of nitrogens with one attached hydrogen (secondary N) is 2. The maximum absolute atomic E-state index is 12.0. The first-order valence-corrected chi connectivity index (χ1v) is 9.54. The molecule has 6 heteroatoms. The average molecular weight is 472 g/mol. The van der Waals surface area contributed by atoms with Crippen LogP contribution in [-0.4, -0.2) is 42.9 Å². The molecule has 26 heavy (non-hydrogen) atoms. The molecule has 1 fully saturated rings. The van der Waals surface area contributed by atoms with Crippen LogP contribution in [0.1, 0.15) is 50.2 Å². The van der Waals surface area contributed by atoms with Gasteiger partial charge >= 0.3 is 0 Å². The van der Waals surface area contributed by atoms with E-state index in [1.54, 1.807) is 0 Å². The van der Waals surface area contributed by atoms with Crippen molar-refractivity contribution in [3.63, 3.8) is 0 Å². The summed E-state index contributed by atoms with van der Waals surface area (Å²) in [5.41, 5.74) is 2.47. The van der Waals surface area contributed by atoms with E-state index >= 15 is 0 Å². The third-order valence-corrected chi connectivity index (χ3v) is 4.42. The van der Waals surface area contributed by atoms with Gasteiger partial charge in [0.2, 0.25) is 5.91 Å². The first kappa shape index (κ1) is 22.7. The summed E-state index contributed by atoms with van der Waals surface area (Å²) in [5, 5.41) is 6.66. The van der Waals surface area contributed by atoms with Crippen LogP contribution in [0.5, 0.6) is 0 Å². The Labute approximate surface area is 175 Å². The number of benzene rings is 1.